The Bertz CT molecular complexity index is 306. The molecular weight excluding hydrogens is 236 g/mol. The fraction of sp³-hybridized carbons (Fsp3) is 1.00. The van der Waals surface area contributed by atoms with E-state index in [-0.39, 0.29) is 5.25 Å². The molecule has 1 aliphatic rings. The predicted molar refractivity (Wildman–Crippen MR) is 71.6 cm³/mol. The highest BCUT2D eigenvalue weighted by atomic mass is 32.2. The summed E-state index contributed by atoms with van der Waals surface area (Å²) < 4.78 is 26.3. The van der Waals surface area contributed by atoms with Crippen molar-refractivity contribution in [3.8, 4) is 0 Å². The van der Waals surface area contributed by atoms with Crippen molar-refractivity contribution >= 4 is 10.0 Å². The molecule has 5 heteroatoms. The first-order valence-electron chi connectivity index (χ1n) is 6.74. The molecule has 0 aromatic carbocycles. The van der Waals surface area contributed by atoms with E-state index in [1.807, 2.05) is 20.8 Å². The third kappa shape index (κ3) is 4.56. The maximum Gasteiger partial charge on any atom is 0.217 e. The first kappa shape index (κ1) is 14.9. The van der Waals surface area contributed by atoms with E-state index in [0.29, 0.717) is 25.7 Å². The van der Waals surface area contributed by atoms with Gasteiger partial charge < -0.3 is 5.32 Å². The molecule has 1 saturated carbocycles. The van der Waals surface area contributed by atoms with Gasteiger partial charge in [0.2, 0.25) is 10.0 Å². The van der Waals surface area contributed by atoms with Gasteiger partial charge in [0.1, 0.15) is 0 Å². The molecule has 1 rings (SSSR count). The van der Waals surface area contributed by atoms with Crippen LogP contribution in [0.3, 0.4) is 0 Å². The number of hydrogen-bond acceptors (Lipinski definition) is 3. The second-order valence-electron chi connectivity index (χ2n) is 4.94. The second kappa shape index (κ2) is 6.71. The van der Waals surface area contributed by atoms with Gasteiger partial charge in [-0.05, 0) is 32.6 Å². The Kier molecular flexibility index (Phi) is 5.89. The van der Waals surface area contributed by atoms with E-state index in [2.05, 4.69) is 5.32 Å². The number of hydrogen-bond donors (Lipinski definition) is 1. The average Bonchev–Trinajstić information content (AvgIpc) is 3.09. The van der Waals surface area contributed by atoms with Gasteiger partial charge in [-0.3, -0.25) is 0 Å². The Hall–Kier alpha value is -0.130. The topological polar surface area (TPSA) is 49.4 Å². The smallest absolute Gasteiger partial charge is 0.217 e. The molecule has 1 unspecified atom stereocenters. The number of rotatable bonds is 9. The van der Waals surface area contributed by atoms with Crippen molar-refractivity contribution in [2.45, 2.75) is 57.7 Å². The highest BCUT2D eigenvalue weighted by molar-refractivity contribution is 7.89. The summed E-state index contributed by atoms with van der Waals surface area (Å²) in [6.45, 7) is 7.71. The van der Waals surface area contributed by atoms with E-state index >= 15 is 0 Å². The van der Waals surface area contributed by atoms with Gasteiger partial charge in [0.05, 0.1) is 5.25 Å². The minimum absolute atomic E-state index is 0.318. The quantitative estimate of drug-likeness (QED) is 0.686. The number of nitrogens with one attached hydrogen (secondary N) is 1. The molecule has 0 aromatic rings. The van der Waals surface area contributed by atoms with Gasteiger partial charge in [0.15, 0.2) is 0 Å². The minimum atomic E-state index is -3.12. The molecule has 1 atom stereocenters. The van der Waals surface area contributed by atoms with Crippen molar-refractivity contribution in [3.05, 3.63) is 0 Å². The zero-order valence-electron chi connectivity index (χ0n) is 11.3. The summed E-state index contributed by atoms with van der Waals surface area (Å²) in [5, 5.41) is 2.98. The van der Waals surface area contributed by atoms with Crippen molar-refractivity contribution in [2.24, 2.45) is 0 Å². The van der Waals surface area contributed by atoms with Gasteiger partial charge in [0.25, 0.3) is 0 Å². The van der Waals surface area contributed by atoms with Crippen LogP contribution in [-0.2, 0) is 10.0 Å². The van der Waals surface area contributed by atoms with Gasteiger partial charge in [-0.1, -0.05) is 13.8 Å². The van der Waals surface area contributed by atoms with Crippen LogP contribution in [0.15, 0.2) is 0 Å². The molecule has 0 radical (unpaired) electrons. The van der Waals surface area contributed by atoms with Gasteiger partial charge >= 0.3 is 0 Å². The van der Waals surface area contributed by atoms with Gasteiger partial charge in [0, 0.05) is 25.7 Å². The normalized spacial score (nSPS) is 18.6. The Morgan fingerprint density at radius 1 is 1.24 bits per heavy atom. The van der Waals surface area contributed by atoms with E-state index in [0.717, 1.165) is 12.8 Å². The summed E-state index contributed by atoms with van der Waals surface area (Å²) in [5.41, 5.74) is 0. The van der Waals surface area contributed by atoms with Crippen molar-refractivity contribution in [1.82, 2.24) is 9.62 Å². The lowest BCUT2D eigenvalue weighted by Crippen LogP contribution is -2.43. The van der Waals surface area contributed by atoms with E-state index in [1.54, 1.807) is 4.31 Å². The van der Waals surface area contributed by atoms with Crippen LogP contribution in [0.25, 0.3) is 0 Å². The first-order chi connectivity index (χ1) is 8.02. The van der Waals surface area contributed by atoms with Gasteiger partial charge in [-0.15, -0.1) is 0 Å². The predicted octanol–water partition coefficient (Wildman–Crippen LogP) is 1.58. The highest BCUT2D eigenvalue weighted by Gasteiger charge is 2.29. The van der Waals surface area contributed by atoms with Gasteiger partial charge in [-0.25, -0.2) is 12.7 Å². The summed E-state index contributed by atoms with van der Waals surface area (Å²) in [7, 11) is -3.12. The zero-order valence-corrected chi connectivity index (χ0v) is 12.1. The van der Waals surface area contributed by atoms with Gasteiger partial charge in [-0.2, -0.15) is 0 Å². The lowest BCUT2D eigenvalue weighted by molar-refractivity contribution is 0.402. The Morgan fingerprint density at radius 3 is 2.18 bits per heavy atom. The lowest BCUT2D eigenvalue weighted by Gasteiger charge is -2.25. The molecule has 4 nitrogen and oxygen atoms in total. The number of sulfonamides is 1. The lowest BCUT2D eigenvalue weighted by atomic mass is 10.4. The molecule has 0 spiro atoms. The third-order valence-corrected chi connectivity index (χ3v) is 5.35. The van der Waals surface area contributed by atoms with Crippen LogP contribution in [-0.4, -0.2) is 43.6 Å². The summed E-state index contributed by atoms with van der Waals surface area (Å²) in [6, 6.07) is 0.568. The zero-order chi connectivity index (χ0) is 12.9. The molecule has 102 valence electrons. The summed E-state index contributed by atoms with van der Waals surface area (Å²) in [6.07, 6.45) is 4.14. The first-order valence-corrected chi connectivity index (χ1v) is 8.25. The van der Waals surface area contributed by atoms with E-state index in [4.69, 9.17) is 0 Å². The standard InChI is InChI=1S/C12H26N2O2S/c1-4-8-14(9-5-2)17(15,16)11(3)10-13-12-6-7-12/h11-13H,4-10H2,1-3H3. The minimum Gasteiger partial charge on any atom is -0.313 e. The fourth-order valence-electron chi connectivity index (χ4n) is 1.84. The highest BCUT2D eigenvalue weighted by Crippen LogP contribution is 2.19. The van der Waals surface area contributed by atoms with Crippen LogP contribution >= 0.6 is 0 Å². The van der Waals surface area contributed by atoms with E-state index < -0.39 is 10.0 Å². The third-order valence-electron chi connectivity index (χ3n) is 3.09. The molecule has 0 heterocycles. The molecule has 0 aromatic heterocycles. The van der Waals surface area contributed by atoms with Crippen molar-refractivity contribution in [2.75, 3.05) is 19.6 Å². The van der Waals surface area contributed by atoms with Crippen LogP contribution < -0.4 is 5.32 Å². The molecular formula is C12H26N2O2S. The van der Waals surface area contributed by atoms with Crippen LogP contribution in [0, 0.1) is 0 Å². The SMILES string of the molecule is CCCN(CCC)S(=O)(=O)C(C)CNC1CC1. The monoisotopic (exact) mass is 262 g/mol. The molecule has 1 fully saturated rings. The molecule has 0 saturated heterocycles. The van der Waals surface area contributed by atoms with Crippen molar-refractivity contribution in [1.29, 1.82) is 0 Å². The molecule has 0 amide bonds. The van der Waals surface area contributed by atoms with E-state index in [9.17, 15) is 8.42 Å². The van der Waals surface area contributed by atoms with Crippen molar-refractivity contribution in [3.63, 3.8) is 0 Å². The maximum atomic E-state index is 12.3. The Labute approximate surface area is 106 Å². The maximum absolute atomic E-state index is 12.3. The molecule has 0 aliphatic heterocycles. The Balaban J connectivity index is 2.53. The van der Waals surface area contributed by atoms with Crippen LogP contribution in [0.2, 0.25) is 0 Å². The van der Waals surface area contributed by atoms with Crippen LogP contribution in [0.5, 0.6) is 0 Å². The van der Waals surface area contributed by atoms with E-state index in [1.165, 1.54) is 12.8 Å². The van der Waals surface area contributed by atoms with Crippen LogP contribution in [0.1, 0.15) is 46.5 Å². The number of nitrogens with zero attached hydrogens (tertiary/aromatic N) is 1. The molecule has 1 aliphatic carbocycles. The molecule has 1 N–H and O–H groups in total. The summed E-state index contributed by atoms with van der Waals surface area (Å²) in [4.78, 5) is 0. The Morgan fingerprint density at radius 2 is 1.76 bits per heavy atom. The molecule has 0 bridgehead atoms. The average molecular weight is 262 g/mol. The second-order valence-corrected chi connectivity index (χ2v) is 7.29. The molecule has 17 heavy (non-hydrogen) atoms. The van der Waals surface area contributed by atoms with Crippen LogP contribution in [0.4, 0.5) is 0 Å². The summed E-state index contributed by atoms with van der Waals surface area (Å²) in [5.74, 6) is 0. The summed E-state index contributed by atoms with van der Waals surface area (Å²) >= 11 is 0. The fourth-order valence-corrected chi connectivity index (χ4v) is 3.53. The van der Waals surface area contributed by atoms with Crippen molar-refractivity contribution < 1.29 is 8.42 Å². The largest absolute Gasteiger partial charge is 0.313 e.